The third-order valence-electron chi connectivity index (χ3n) is 2.52. The fourth-order valence-corrected chi connectivity index (χ4v) is 1.60. The molecule has 0 aliphatic heterocycles. The van der Waals surface area contributed by atoms with Gasteiger partial charge in [-0.05, 0) is 24.1 Å². The smallest absolute Gasteiger partial charge is 0.0701 e. The highest BCUT2D eigenvalue weighted by Gasteiger charge is 2.10. The second-order valence-corrected chi connectivity index (χ2v) is 4.20. The first-order chi connectivity index (χ1) is 8.19. The van der Waals surface area contributed by atoms with E-state index in [4.69, 9.17) is 26.9 Å². The monoisotopic (exact) mass is 258 g/mol. The maximum Gasteiger partial charge on any atom is 0.0701 e. The predicted octanol–water partition coefficient (Wildman–Crippen LogP) is 1.82. The van der Waals surface area contributed by atoms with Crippen LogP contribution in [0.4, 0.5) is 0 Å². The second kappa shape index (κ2) is 7.63. The van der Waals surface area contributed by atoms with E-state index in [9.17, 15) is 0 Å². The third kappa shape index (κ3) is 4.61. The van der Waals surface area contributed by atoms with Crippen LogP contribution in [-0.2, 0) is 9.47 Å². The van der Waals surface area contributed by atoms with Crippen LogP contribution < -0.4 is 11.3 Å². The molecule has 1 unspecified atom stereocenters. The minimum atomic E-state index is -0.0649. The SMILES string of the molecule is COCCOCC(NN)c1ccc(C)c(Cl)c1. The summed E-state index contributed by atoms with van der Waals surface area (Å²) in [4.78, 5) is 0. The van der Waals surface area contributed by atoms with Crippen molar-refractivity contribution >= 4 is 11.6 Å². The molecule has 1 aromatic carbocycles. The van der Waals surface area contributed by atoms with Crippen LogP contribution >= 0.6 is 11.6 Å². The number of nitrogens with one attached hydrogen (secondary N) is 1. The van der Waals surface area contributed by atoms with E-state index in [0.717, 1.165) is 16.1 Å². The molecule has 0 aliphatic rings. The van der Waals surface area contributed by atoms with Crippen molar-refractivity contribution in [1.82, 2.24) is 5.43 Å². The lowest BCUT2D eigenvalue weighted by Gasteiger charge is -2.17. The molecule has 0 saturated heterocycles. The number of benzene rings is 1. The minimum absolute atomic E-state index is 0.0649. The van der Waals surface area contributed by atoms with Gasteiger partial charge in [0.05, 0.1) is 25.9 Å². The van der Waals surface area contributed by atoms with Crippen molar-refractivity contribution in [3.8, 4) is 0 Å². The van der Waals surface area contributed by atoms with Gasteiger partial charge in [0.1, 0.15) is 0 Å². The number of hydrogen-bond acceptors (Lipinski definition) is 4. The number of halogens is 1. The van der Waals surface area contributed by atoms with Crippen LogP contribution in [0.5, 0.6) is 0 Å². The molecule has 5 heteroatoms. The van der Waals surface area contributed by atoms with E-state index in [-0.39, 0.29) is 6.04 Å². The van der Waals surface area contributed by atoms with Gasteiger partial charge in [0.15, 0.2) is 0 Å². The van der Waals surface area contributed by atoms with Crippen LogP contribution in [0.1, 0.15) is 17.2 Å². The molecule has 0 fully saturated rings. The molecule has 1 atom stereocenters. The first kappa shape index (κ1) is 14.4. The van der Waals surface area contributed by atoms with Gasteiger partial charge in [-0.2, -0.15) is 0 Å². The summed E-state index contributed by atoms with van der Waals surface area (Å²) in [5.74, 6) is 5.50. The zero-order chi connectivity index (χ0) is 12.7. The van der Waals surface area contributed by atoms with Gasteiger partial charge in [-0.3, -0.25) is 11.3 Å². The van der Waals surface area contributed by atoms with Gasteiger partial charge in [-0.25, -0.2) is 0 Å². The highest BCUT2D eigenvalue weighted by molar-refractivity contribution is 6.31. The summed E-state index contributed by atoms with van der Waals surface area (Å²) in [7, 11) is 1.64. The Labute approximate surface area is 107 Å². The molecule has 96 valence electrons. The average Bonchev–Trinajstić information content (AvgIpc) is 2.33. The van der Waals surface area contributed by atoms with Crippen LogP contribution in [-0.4, -0.2) is 26.9 Å². The Hall–Kier alpha value is -0.650. The van der Waals surface area contributed by atoms with E-state index in [0.29, 0.717) is 19.8 Å². The van der Waals surface area contributed by atoms with Crippen molar-refractivity contribution in [2.75, 3.05) is 26.9 Å². The molecule has 0 aliphatic carbocycles. The number of aryl methyl sites for hydroxylation is 1. The Kier molecular flexibility index (Phi) is 6.47. The Morgan fingerprint density at radius 3 is 2.76 bits per heavy atom. The van der Waals surface area contributed by atoms with Crippen molar-refractivity contribution < 1.29 is 9.47 Å². The summed E-state index contributed by atoms with van der Waals surface area (Å²) in [6.45, 7) is 3.57. The summed E-state index contributed by atoms with van der Waals surface area (Å²) in [5, 5.41) is 0.736. The fourth-order valence-electron chi connectivity index (χ4n) is 1.41. The standard InChI is InChI=1S/C12H19ClN2O2/c1-9-3-4-10(7-11(9)13)12(15-14)8-17-6-5-16-2/h3-4,7,12,15H,5-6,8,14H2,1-2H3. The van der Waals surface area contributed by atoms with E-state index in [1.807, 2.05) is 25.1 Å². The lowest BCUT2D eigenvalue weighted by Crippen LogP contribution is -2.31. The summed E-state index contributed by atoms with van der Waals surface area (Å²) < 4.78 is 10.3. The molecule has 1 rings (SSSR count). The Morgan fingerprint density at radius 1 is 1.41 bits per heavy atom. The van der Waals surface area contributed by atoms with Crippen molar-refractivity contribution in [2.45, 2.75) is 13.0 Å². The first-order valence-corrected chi connectivity index (χ1v) is 5.85. The molecule has 0 bridgehead atoms. The van der Waals surface area contributed by atoms with Gasteiger partial charge in [-0.15, -0.1) is 0 Å². The van der Waals surface area contributed by atoms with Gasteiger partial charge >= 0.3 is 0 Å². The topological polar surface area (TPSA) is 56.5 Å². The summed E-state index contributed by atoms with van der Waals surface area (Å²) in [6, 6.07) is 5.80. The molecule has 3 N–H and O–H groups in total. The molecule has 0 saturated carbocycles. The number of methoxy groups -OCH3 is 1. The second-order valence-electron chi connectivity index (χ2n) is 3.80. The molecule has 4 nitrogen and oxygen atoms in total. The fraction of sp³-hybridized carbons (Fsp3) is 0.500. The number of hydrogen-bond donors (Lipinski definition) is 2. The van der Waals surface area contributed by atoms with Crippen LogP contribution in [0, 0.1) is 6.92 Å². The summed E-state index contributed by atoms with van der Waals surface area (Å²) >= 11 is 6.07. The van der Waals surface area contributed by atoms with Crippen molar-refractivity contribution in [2.24, 2.45) is 5.84 Å². The van der Waals surface area contributed by atoms with E-state index in [1.165, 1.54) is 0 Å². The van der Waals surface area contributed by atoms with E-state index in [2.05, 4.69) is 5.43 Å². The molecule has 17 heavy (non-hydrogen) atoms. The number of hydrazine groups is 1. The Bertz CT molecular complexity index is 347. The highest BCUT2D eigenvalue weighted by Crippen LogP contribution is 2.21. The Balaban J connectivity index is 2.56. The van der Waals surface area contributed by atoms with Gasteiger partial charge in [0.25, 0.3) is 0 Å². The van der Waals surface area contributed by atoms with E-state index >= 15 is 0 Å². The molecule has 0 spiro atoms. The van der Waals surface area contributed by atoms with Crippen molar-refractivity contribution in [3.05, 3.63) is 34.3 Å². The van der Waals surface area contributed by atoms with Gasteiger partial charge < -0.3 is 9.47 Å². The van der Waals surface area contributed by atoms with Crippen LogP contribution in [0.25, 0.3) is 0 Å². The minimum Gasteiger partial charge on any atom is -0.382 e. The highest BCUT2D eigenvalue weighted by atomic mass is 35.5. The van der Waals surface area contributed by atoms with E-state index < -0.39 is 0 Å². The maximum absolute atomic E-state index is 6.07. The average molecular weight is 259 g/mol. The first-order valence-electron chi connectivity index (χ1n) is 5.48. The summed E-state index contributed by atoms with van der Waals surface area (Å²) in [5.41, 5.74) is 4.78. The molecule has 0 aromatic heterocycles. The predicted molar refractivity (Wildman–Crippen MR) is 68.9 cm³/mol. The lowest BCUT2D eigenvalue weighted by atomic mass is 10.1. The van der Waals surface area contributed by atoms with Crippen molar-refractivity contribution in [3.63, 3.8) is 0 Å². The third-order valence-corrected chi connectivity index (χ3v) is 2.92. The van der Waals surface area contributed by atoms with Crippen molar-refractivity contribution in [1.29, 1.82) is 0 Å². The zero-order valence-corrected chi connectivity index (χ0v) is 11.0. The van der Waals surface area contributed by atoms with Gasteiger partial charge in [0, 0.05) is 12.1 Å². The molecule has 0 heterocycles. The van der Waals surface area contributed by atoms with Crippen LogP contribution in [0.3, 0.4) is 0 Å². The molecule has 1 aromatic rings. The molecular formula is C12H19ClN2O2. The quantitative estimate of drug-likeness (QED) is 0.445. The number of rotatable bonds is 7. The summed E-state index contributed by atoms with van der Waals surface area (Å²) in [6.07, 6.45) is 0. The van der Waals surface area contributed by atoms with Gasteiger partial charge in [0.2, 0.25) is 0 Å². The van der Waals surface area contributed by atoms with Gasteiger partial charge in [-0.1, -0.05) is 23.7 Å². The van der Waals surface area contributed by atoms with Crippen LogP contribution in [0.2, 0.25) is 5.02 Å². The number of ether oxygens (including phenoxy) is 2. The molecular weight excluding hydrogens is 240 g/mol. The Morgan fingerprint density at radius 2 is 2.18 bits per heavy atom. The molecule has 0 amide bonds. The molecule has 0 radical (unpaired) electrons. The maximum atomic E-state index is 6.07. The van der Waals surface area contributed by atoms with Crippen LogP contribution in [0.15, 0.2) is 18.2 Å². The normalized spacial score (nSPS) is 12.7. The number of nitrogens with two attached hydrogens (primary N) is 1. The largest absolute Gasteiger partial charge is 0.382 e. The lowest BCUT2D eigenvalue weighted by molar-refractivity contribution is 0.0586. The zero-order valence-electron chi connectivity index (χ0n) is 10.2. The van der Waals surface area contributed by atoms with E-state index in [1.54, 1.807) is 7.11 Å².